The quantitative estimate of drug-likeness (QED) is 0.820. The second kappa shape index (κ2) is 7.21. The summed E-state index contributed by atoms with van der Waals surface area (Å²) in [5, 5.41) is 2.83. The minimum atomic E-state index is 0.490. The molecule has 1 fully saturated rings. The Kier molecular flexibility index (Phi) is 5.06. The summed E-state index contributed by atoms with van der Waals surface area (Å²) in [6.45, 7) is 2.06. The number of hydrogen-bond acceptors (Lipinski definition) is 2. The lowest BCUT2D eigenvalue weighted by atomic mass is 10.2. The number of rotatable bonds is 4. The molecule has 0 unspecified atom stereocenters. The van der Waals surface area contributed by atoms with Crippen molar-refractivity contribution < 1.29 is 4.84 Å². The highest BCUT2D eigenvalue weighted by Gasteiger charge is 2.25. The van der Waals surface area contributed by atoms with Gasteiger partial charge in [0.15, 0.2) is 0 Å². The van der Waals surface area contributed by atoms with E-state index in [1.807, 2.05) is 42.3 Å². The summed E-state index contributed by atoms with van der Waals surface area (Å²) >= 11 is 12.4. The number of hydroxylamine groups is 2. The molecule has 6 heteroatoms. The van der Waals surface area contributed by atoms with Crippen molar-refractivity contribution in [1.29, 1.82) is 0 Å². The van der Waals surface area contributed by atoms with Gasteiger partial charge in [-0.2, -0.15) is 0 Å². The number of hydrogen-bond donors (Lipinski definition) is 0. The molecule has 0 atom stereocenters. The zero-order valence-electron chi connectivity index (χ0n) is 12.7. The van der Waals surface area contributed by atoms with Gasteiger partial charge in [0.2, 0.25) is 5.96 Å². The smallest absolute Gasteiger partial charge is 0.226 e. The number of nitrogens with zero attached hydrogens (tertiary/aromatic N) is 3. The van der Waals surface area contributed by atoms with Gasteiger partial charge in [-0.3, -0.25) is 4.84 Å². The number of para-hydroxylation sites is 1. The lowest BCUT2D eigenvalue weighted by Crippen LogP contribution is -2.31. The lowest BCUT2D eigenvalue weighted by Gasteiger charge is -2.20. The first-order valence-electron chi connectivity index (χ1n) is 7.33. The van der Waals surface area contributed by atoms with Gasteiger partial charge in [-0.1, -0.05) is 59.6 Å². The maximum atomic E-state index is 6.21. The van der Waals surface area contributed by atoms with Gasteiger partial charge < -0.3 is 4.90 Å². The molecule has 3 rings (SSSR count). The largest absolute Gasteiger partial charge is 0.342 e. The van der Waals surface area contributed by atoms with Gasteiger partial charge in [0, 0.05) is 13.6 Å². The SMILES string of the molecule is CN1CCN(OCc2ccccc2)/C1=N/c1c(Cl)cccc1Cl. The van der Waals surface area contributed by atoms with E-state index in [2.05, 4.69) is 4.99 Å². The molecule has 0 bridgehead atoms. The molecular formula is C17H17Cl2N3O. The Morgan fingerprint density at radius 1 is 1.00 bits per heavy atom. The minimum absolute atomic E-state index is 0.490. The average molecular weight is 350 g/mol. The van der Waals surface area contributed by atoms with Crippen LogP contribution in [0, 0.1) is 0 Å². The second-order valence-corrected chi connectivity index (χ2v) is 6.08. The van der Waals surface area contributed by atoms with Gasteiger partial charge >= 0.3 is 0 Å². The summed E-state index contributed by atoms with van der Waals surface area (Å²) in [4.78, 5) is 12.5. The summed E-state index contributed by atoms with van der Waals surface area (Å²) in [6, 6.07) is 15.4. The molecule has 4 nitrogen and oxygen atoms in total. The van der Waals surface area contributed by atoms with Gasteiger partial charge in [0.25, 0.3) is 0 Å². The summed E-state index contributed by atoms with van der Waals surface area (Å²) < 4.78 is 0. The highest BCUT2D eigenvalue weighted by Crippen LogP contribution is 2.33. The Morgan fingerprint density at radius 3 is 2.39 bits per heavy atom. The van der Waals surface area contributed by atoms with Crippen LogP contribution in [-0.4, -0.2) is 36.1 Å². The van der Waals surface area contributed by atoms with Gasteiger partial charge in [-0.25, -0.2) is 10.1 Å². The van der Waals surface area contributed by atoms with E-state index in [0.717, 1.165) is 18.7 Å². The summed E-state index contributed by atoms with van der Waals surface area (Å²) in [6.07, 6.45) is 0. The molecule has 1 saturated heterocycles. The van der Waals surface area contributed by atoms with Crippen LogP contribution in [0.5, 0.6) is 0 Å². The van der Waals surface area contributed by atoms with Crippen LogP contribution in [0.25, 0.3) is 0 Å². The Hall–Kier alpha value is -1.75. The van der Waals surface area contributed by atoms with Crippen LogP contribution < -0.4 is 0 Å². The topological polar surface area (TPSA) is 28.1 Å². The number of guanidine groups is 1. The number of aliphatic imine (C=N–C) groups is 1. The van der Waals surface area contributed by atoms with E-state index in [1.54, 1.807) is 23.3 Å². The fourth-order valence-electron chi connectivity index (χ4n) is 2.32. The second-order valence-electron chi connectivity index (χ2n) is 5.26. The van der Waals surface area contributed by atoms with Crippen LogP contribution in [0.2, 0.25) is 10.0 Å². The Morgan fingerprint density at radius 2 is 1.70 bits per heavy atom. The van der Waals surface area contributed by atoms with Crippen LogP contribution in [-0.2, 0) is 11.4 Å². The molecule has 0 amide bonds. The maximum Gasteiger partial charge on any atom is 0.226 e. The van der Waals surface area contributed by atoms with Crippen LogP contribution in [0.15, 0.2) is 53.5 Å². The summed E-state index contributed by atoms with van der Waals surface area (Å²) in [7, 11) is 1.97. The third kappa shape index (κ3) is 3.78. The van der Waals surface area contributed by atoms with Crippen molar-refractivity contribution in [3.05, 3.63) is 64.1 Å². The number of benzene rings is 2. The van der Waals surface area contributed by atoms with Gasteiger partial charge in [0.1, 0.15) is 12.3 Å². The monoisotopic (exact) mass is 349 g/mol. The predicted molar refractivity (Wildman–Crippen MR) is 94.1 cm³/mol. The van der Waals surface area contributed by atoms with Gasteiger partial charge in [0.05, 0.1) is 16.6 Å². The molecule has 0 N–H and O–H groups in total. The Balaban J connectivity index is 1.80. The fraction of sp³-hybridized carbons (Fsp3) is 0.235. The zero-order valence-corrected chi connectivity index (χ0v) is 14.3. The van der Waals surface area contributed by atoms with Crippen LogP contribution in [0.1, 0.15) is 5.56 Å². The van der Waals surface area contributed by atoms with Crippen molar-refractivity contribution >= 4 is 34.8 Å². The van der Waals surface area contributed by atoms with E-state index in [0.29, 0.717) is 28.3 Å². The zero-order chi connectivity index (χ0) is 16.2. The summed E-state index contributed by atoms with van der Waals surface area (Å²) in [5.74, 6) is 0.705. The van der Waals surface area contributed by atoms with Crippen molar-refractivity contribution in [3.63, 3.8) is 0 Å². The molecule has 0 aromatic heterocycles. The molecule has 0 aliphatic carbocycles. The molecule has 1 heterocycles. The van der Waals surface area contributed by atoms with Crippen molar-refractivity contribution in [2.45, 2.75) is 6.61 Å². The van der Waals surface area contributed by atoms with Crippen LogP contribution in [0.4, 0.5) is 5.69 Å². The highest BCUT2D eigenvalue weighted by atomic mass is 35.5. The molecule has 0 radical (unpaired) electrons. The van der Waals surface area contributed by atoms with Crippen molar-refractivity contribution in [2.75, 3.05) is 20.1 Å². The molecular weight excluding hydrogens is 333 g/mol. The first kappa shape index (κ1) is 16.1. The standard InChI is InChI=1S/C17H17Cl2N3O/c1-21-10-11-22(23-12-13-6-3-2-4-7-13)17(21)20-16-14(18)8-5-9-15(16)19/h2-9H,10-12H2,1H3/b20-17+. The Bertz CT molecular complexity index is 686. The van der Waals surface area contributed by atoms with Gasteiger partial charge in [-0.15, -0.1) is 0 Å². The third-order valence-electron chi connectivity index (χ3n) is 3.58. The number of halogens is 2. The molecule has 0 saturated carbocycles. The average Bonchev–Trinajstić information content (AvgIpc) is 2.90. The van der Waals surface area contributed by atoms with E-state index in [-0.39, 0.29) is 0 Å². The van der Waals surface area contributed by atoms with Crippen molar-refractivity contribution in [3.8, 4) is 0 Å². The van der Waals surface area contributed by atoms with E-state index in [9.17, 15) is 0 Å². The molecule has 0 spiro atoms. The summed E-state index contributed by atoms with van der Waals surface area (Å²) in [5.41, 5.74) is 1.67. The third-order valence-corrected chi connectivity index (χ3v) is 4.19. The molecule has 120 valence electrons. The Labute approximate surface area is 145 Å². The van der Waals surface area contributed by atoms with Gasteiger partial charge in [-0.05, 0) is 17.7 Å². The lowest BCUT2D eigenvalue weighted by molar-refractivity contribution is -0.102. The van der Waals surface area contributed by atoms with E-state index in [1.165, 1.54) is 0 Å². The molecule has 23 heavy (non-hydrogen) atoms. The fourth-order valence-corrected chi connectivity index (χ4v) is 2.80. The molecule has 2 aromatic carbocycles. The van der Waals surface area contributed by atoms with E-state index in [4.69, 9.17) is 28.0 Å². The minimum Gasteiger partial charge on any atom is -0.342 e. The normalized spacial score (nSPS) is 16.4. The van der Waals surface area contributed by atoms with E-state index >= 15 is 0 Å². The molecule has 2 aromatic rings. The van der Waals surface area contributed by atoms with Crippen molar-refractivity contribution in [2.24, 2.45) is 4.99 Å². The van der Waals surface area contributed by atoms with Crippen LogP contribution in [0.3, 0.4) is 0 Å². The highest BCUT2D eigenvalue weighted by molar-refractivity contribution is 6.38. The number of likely N-dealkylation sites (N-methyl/N-ethyl adjacent to an activating group) is 1. The first-order chi connectivity index (χ1) is 11.1. The predicted octanol–water partition coefficient (Wildman–Crippen LogP) is 4.36. The van der Waals surface area contributed by atoms with E-state index < -0.39 is 0 Å². The first-order valence-corrected chi connectivity index (χ1v) is 8.09. The molecule has 1 aliphatic heterocycles. The van der Waals surface area contributed by atoms with Crippen molar-refractivity contribution in [1.82, 2.24) is 9.96 Å². The molecule has 1 aliphatic rings. The maximum absolute atomic E-state index is 6.21. The van der Waals surface area contributed by atoms with Crippen LogP contribution >= 0.6 is 23.2 Å².